The first-order valence-electron chi connectivity index (χ1n) is 9.41. The van der Waals surface area contributed by atoms with Crippen molar-refractivity contribution in [2.45, 2.75) is 25.9 Å². The Morgan fingerprint density at radius 1 is 1.14 bits per heavy atom. The lowest BCUT2D eigenvalue weighted by Gasteiger charge is -2.32. The van der Waals surface area contributed by atoms with Gasteiger partial charge in [-0.2, -0.15) is 0 Å². The Hall–Kier alpha value is -1.95. The molecule has 148 valence electrons. The van der Waals surface area contributed by atoms with Crippen LogP contribution in [0.25, 0.3) is 0 Å². The first-order chi connectivity index (χ1) is 13.6. The van der Waals surface area contributed by atoms with E-state index in [1.54, 1.807) is 0 Å². The molecule has 0 aromatic heterocycles. The van der Waals surface area contributed by atoms with Gasteiger partial charge >= 0.3 is 0 Å². The first-order valence-corrected chi connectivity index (χ1v) is 10.2. The Labute approximate surface area is 174 Å². The van der Waals surface area contributed by atoms with Gasteiger partial charge in [-0.1, -0.05) is 35.3 Å². The molecule has 1 amide bonds. The summed E-state index contributed by atoms with van der Waals surface area (Å²) in [7, 11) is 0. The molecule has 0 bridgehead atoms. The Balaban J connectivity index is 1.33. The smallest absolute Gasteiger partial charge is 0.231 e. The van der Waals surface area contributed by atoms with Gasteiger partial charge in [-0.25, -0.2) is 0 Å². The molecule has 0 saturated carbocycles. The Kier molecular flexibility index (Phi) is 5.95. The van der Waals surface area contributed by atoms with Crippen LogP contribution in [0.1, 0.15) is 24.0 Å². The molecular weight excluding hydrogens is 399 g/mol. The van der Waals surface area contributed by atoms with Crippen molar-refractivity contribution in [1.29, 1.82) is 0 Å². The maximum absolute atomic E-state index is 12.7. The molecule has 0 radical (unpaired) electrons. The van der Waals surface area contributed by atoms with E-state index in [4.69, 9.17) is 32.7 Å². The van der Waals surface area contributed by atoms with E-state index in [0.29, 0.717) is 29.7 Å². The average Bonchev–Trinajstić information content (AvgIpc) is 3.17. The topological polar surface area (TPSA) is 50.8 Å². The summed E-state index contributed by atoms with van der Waals surface area (Å²) in [6.45, 7) is 3.02. The number of amides is 1. The number of nitrogens with zero attached hydrogens (tertiary/aromatic N) is 1. The Morgan fingerprint density at radius 2 is 1.93 bits per heavy atom. The number of carbonyl (C=O) groups excluding carboxylic acids is 1. The molecule has 5 nitrogen and oxygen atoms in total. The third-order valence-electron chi connectivity index (χ3n) is 5.22. The molecule has 1 fully saturated rings. The highest BCUT2D eigenvalue weighted by Crippen LogP contribution is 2.32. The van der Waals surface area contributed by atoms with Gasteiger partial charge in [0.15, 0.2) is 11.5 Å². The second-order valence-electron chi connectivity index (χ2n) is 7.18. The van der Waals surface area contributed by atoms with Crippen molar-refractivity contribution >= 4 is 29.1 Å². The van der Waals surface area contributed by atoms with Crippen LogP contribution in [-0.2, 0) is 17.9 Å². The number of piperidine rings is 1. The molecule has 2 aliphatic rings. The van der Waals surface area contributed by atoms with Crippen LogP contribution in [0.15, 0.2) is 36.4 Å². The molecule has 4 rings (SSSR count). The highest BCUT2D eigenvalue weighted by Gasteiger charge is 2.26. The number of fused-ring (bicyclic) bond motifs is 1. The summed E-state index contributed by atoms with van der Waals surface area (Å²) < 4.78 is 10.7. The number of benzene rings is 2. The van der Waals surface area contributed by atoms with E-state index in [0.717, 1.165) is 42.0 Å². The van der Waals surface area contributed by atoms with Crippen molar-refractivity contribution in [3.63, 3.8) is 0 Å². The number of likely N-dealkylation sites (tertiary alicyclic amines) is 1. The van der Waals surface area contributed by atoms with E-state index >= 15 is 0 Å². The van der Waals surface area contributed by atoms with Gasteiger partial charge in [-0.05, 0) is 49.2 Å². The molecule has 1 saturated heterocycles. The lowest BCUT2D eigenvalue weighted by atomic mass is 9.96. The summed E-state index contributed by atoms with van der Waals surface area (Å²) in [4.78, 5) is 14.9. The number of hydrogen-bond donors (Lipinski definition) is 1. The normalized spacial score (nSPS) is 18.9. The second kappa shape index (κ2) is 8.60. The standard InChI is InChI=1S/C21H22Cl2N2O3/c22-17-4-1-5-18(23)16(17)12-25-8-2-3-15(11-25)21(26)24-10-14-6-7-19-20(9-14)28-13-27-19/h1,4-7,9,15H,2-3,8,10-13H2,(H,24,26). The van der Waals surface area contributed by atoms with Crippen LogP contribution < -0.4 is 14.8 Å². The van der Waals surface area contributed by atoms with Crippen molar-refractivity contribution in [3.05, 3.63) is 57.6 Å². The highest BCUT2D eigenvalue weighted by molar-refractivity contribution is 6.35. The number of ether oxygens (including phenoxy) is 2. The van der Waals surface area contributed by atoms with E-state index in [9.17, 15) is 4.79 Å². The molecule has 1 atom stereocenters. The van der Waals surface area contributed by atoms with E-state index in [-0.39, 0.29) is 18.6 Å². The zero-order valence-corrected chi connectivity index (χ0v) is 16.9. The molecular formula is C21H22Cl2N2O3. The summed E-state index contributed by atoms with van der Waals surface area (Å²) >= 11 is 12.6. The highest BCUT2D eigenvalue weighted by atomic mass is 35.5. The molecule has 2 aliphatic heterocycles. The summed E-state index contributed by atoms with van der Waals surface area (Å²) in [5, 5.41) is 4.39. The van der Waals surface area contributed by atoms with Crippen molar-refractivity contribution < 1.29 is 14.3 Å². The largest absolute Gasteiger partial charge is 0.454 e. The second-order valence-corrected chi connectivity index (χ2v) is 7.99. The van der Waals surface area contributed by atoms with Gasteiger partial charge in [0.1, 0.15) is 0 Å². The minimum Gasteiger partial charge on any atom is -0.454 e. The quantitative estimate of drug-likeness (QED) is 0.785. The fourth-order valence-corrected chi connectivity index (χ4v) is 4.22. The molecule has 2 aromatic carbocycles. The molecule has 1 N–H and O–H groups in total. The summed E-state index contributed by atoms with van der Waals surface area (Å²) in [5.41, 5.74) is 1.92. The lowest BCUT2D eigenvalue weighted by molar-refractivity contribution is -0.126. The predicted octanol–water partition coefficient (Wildman–Crippen LogP) is 4.25. The average molecular weight is 421 g/mol. The molecule has 0 aliphatic carbocycles. The number of carbonyl (C=O) groups is 1. The number of rotatable bonds is 5. The van der Waals surface area contributed by atoms with Crippen molar-refractivity contribution in [2.75, 3.05) is 19.9 Å². The van der Waals surface area contributed by atoms with Gasteiger partial charge in [-0.3, -0.25) is 9.69 Å². The van der Waals surface area contributed by atoms with E-state index in [1.165, 1.54) is 0 Å². The van der Waals surface area contributed by atoms with Crippen LogP contribution in [0.2, 0.25) is 10.0 Å². The van der Waals surface area contributed by atoms with Gasteiger partial charge in [0.2, 0.25) is 12.7 Å². The molecule has 2 aromatic rings. The van der Waals surface area contributed by atoms with Crippen LogP contribution in [0.4, 0.5) is 0 Å². The predicted molar refractivity (Wildman–Crippen MR) is 109 cm³/mol. The molecule has 7 heteroatoms. The zero-order chi connectivity index (χ0) is 19.5. The Morgan fingerprint density at radius 3 is 2.75 bits per heavy atom. The third kappa shape index (κ3) is 4.37. The van der Waals surface area contributed by atoms with Gasteiger partial charge < -0.3 is 14.8 Å². The van der Waals surface area contributed by atoms with Crippen LogP contribution in [0.3, 0.4) is 0 Å². The van der Waals surface area contributed by atoms with Gasteiger partial charge in [-0.15, -0.1) is 0 Å². The van der Waals surface area contributed by atoms with Gasteiger partial charge in [0.05, 0.1) is 5.92 Å². The monoisotopic (exact) mass is 420 g/mol. The molecule has 0 spiro atoms. The number of hydrogen-bond acceptors (Lipinski definition) is 4. The van der Waals surface area contributed by atoms with Crippen molar-refractivity contribution in [2.24, 2.45) is 5.92 Å². The first kappa shape index (κ1) is 19.4. The zero-order valence-electron chi connectivity index (χ0n) is 15.4. The molecule has 1 unspecified atom stereocenters. The molecule has 28 heavy (non-hydrogen) atoms. The minimum atomic E-state index is -0.0379. The summed E-state index contributed by atoms with van der Waals surface area (Å²) in [5.74, 6) is 1.51. The van der Waals surface area contributed by atoms with E-state index in [1.807, 2.05) is 36.4 Å². The van der Waals surface area contributed by atoms with Gasteiger partial charge in [0, 0.05) is 35.2 Å². The Bertz CT molecular complexity index is 854. The maximum atomic E-state index is 12.7. The lowest BCUT2D eigenvalue weighted by Crippen LogP contribution is -2.42. The summed E-state index contributed by atoms with van der Waals surface area (Å²) in [6, 6.07) is 11.3. The fourth-order valence-electron chi connectivity index (χ4n) is 3.70. The van der Waals surface area contributed by atoms with E-state index < -0.39 is 0 Å². The number of nitrogens with one attached hydrogen (secondary N) is 1. The molecule has 2 heterocycles. The SMILES string of the molecule is O=C(NCc1ccc2c(c1)OCO2)C1CCCN(Cc2c(Cl)cccc2Cl)C1. The van der Waals surface area contributed by atoms with Crippen LogP contribution in [0.5, 0.6) is 11.5 Å². The van der Waals surface area contributed by atoms with Gasteiger partial charge in [0.25, 0.3) is 0 Å². The third-order valence-corrected chi connectivity index (χ3v) is 5.93. The van der Waals surface area contributed by atoms with E-state index in [2.05, 4.69) is 10.2 Å². The van der Waals surface area contributed by atoms with Crippen LogP contribution in [-0.4, -0.2) is 30.7 Å². The maximum Gasteiger partial charge on any atom is 0.231 e. The van der Waals surface area contributed by atoms with Crippen LogP contribution >= 0.6 is 23.2 Å². The fraction of sp³-hybridized carbons (Fsp3) is 0.381. The minimum absolute atomic E-state index is 0.0379. The number of halogens is 2. The van der Waals surface area contributed by atoms with Crippen molar-refractivity contribution in [3.8, 4) is 11.5 Å². The van der Waals surface area contributed by atoms with Crippen molar-refractivity contribution in [1.82, 2.24) is 10.2 Å². The summed E-state index contributed by atoms with van der Waals surface area (Å²) in [6.07, 6.45) is 1.86. The van der Waals surface area contributed by atoms with Crippen LogP contribution in [0, 0.1) is 5.92 Å².